The second-order valence-electron chi connectivity index (χ2n) is 6.79. The lowest BCUT2D eigenvalue weighted by atomic mass is 10.2. The van der Waals surface area contributed by atoms with E-state index in [1.54, 1.807) is 16.4 Å². The lowest BCUT2D eigenvalue weighted by Gasteiger charge is -2.25. The van der Waals surface area contributed by atoms with E-state index in [0.29, 0.717) is 31.1 Å². The van der Waals surface area contributed by atoms with E-state index in [4.69, 9.17) is 4.74 Å². The number of nitrogens with zero attached hydrogens (tertiary/aromatic N) is 1. The second-order valence-corrected chi connectivity index (χ2v) is 8.73. The van der Waals surface area contributed by atoms with Gasteiger partial charge in [0.15, 0.2) is 0 Å². The zero-order valence-electron chi connectivity index (χ0n) is 15.9. The molecular formula is C21H28N2O3S. The SMILES string of the molecule is CCOc1cccc(CNCc2ccc(S(=O)(=O)N3CCCCC3)cc2)c1. The number of nitrogens with one attached hydrogen (secondary N) is 1. The number of rotatable bonds is 8. The van der Waals surface area contributed by atoms with Gasteiger partial charge in [-0.1, -0.05) is 30.7 Å². The molecule has 0 atom stereocenters. The molecule has 1 aliphatic rings. The van der Waals surface area contributed by atoms with Crippen LogP contribution in [-0.2, 0) is 23.1 Å². The molecule has 146 valence electrons. The minimum atomic E-state index is -3.35. The third kappa shape index (κ3) is 5.31. The van der Waals surface area contributed by atoms with Crippen molar-refractivity contribution in [3.63, 3.8) is 0 Å². The number of ether oxygens (including phenoxy) is 1. The zero-order valence-corrected chi connectivity index (χ0v) is 16.7. The van der Waals surface area contributed by atoms with Crippen molar-refractivity contribution in [2.75, 3.05) is 19.7 Å². The summed E-state index contributed by atoms with van der Waals surface area (Å²) >= 11 is 0. The Labute approximate surface area is 162 Å². The van der Waals surface area contributed by atoms with Crippen LogP contribution >= 0.6 is 0 Å². The highest BCUT2D eigenvalue weighted by atomic mass is 32.2. The molecule has 2 aromatic rings. The van der Waals surface area contributed by atoms with E-state index in [2.05, 4.69) is 11.4 Å². The maximum Gasteiger partial charge on any atom is 0.243 e. The van der Waals surface area contributed by atoms with Gasteiger partial charge in [-0.05, 0) is 55.2 Å². The Morgan fingerprint density at radius 2 is 1.67 bits per heavy atom. The number of hydrogen-bond donors (Lipinski definition) is 1. The number of sulfonamides is 1. The van der Waals surface area contributed by atoms with Crippen LogP contribution in [0.2, 0.25) is 0 Å². The smallest absolute Gasteiger partial charge is 0.243 e. The molecule has 0 radical (unpaired) electrons. The Kier molecular flexibility index (Phi) is 6.88. The minimum Gasteiger partial charge on any atom is -0.494 e. The molecule has 27 heavy (non-hydrogen) atoms. The van der Waals surface area contributed by atoms with E-state index in [-0.39, 0.29) is 0 Å². The average molecular weight is 389 g/mol. The Hall–Kier alpha value is -1.89. The summed E-state index contributed by atoms with van der Waals surface area (Å²) < 4.78 is 32.5. The Balaban J connectivity index is 1.55. The second kappa shape index (κ2) is 9.35. The Morgan fingerprint density at radius 1 is 0.963 bits per heavy atom. The van der Waals surface area contributed by atoms with Gasteiger partial charge in [-0.3, -0.25) is 0 Å². The van der Waals surface area contributed by atoms with Crippen LogP contribution in [-0.4, -0.2) is 32.4 Å². The van der Waals surface area contributed by atoms with Crippen molar-refractivity contribution in [2.45, 2.75) is 44.2 Å². The van der Waals surface area contributed by atoms with Gasteiger partial charge in [-0.15, -0.1) is 0 Å². The van der Waals surface area contributed by atoms with Gasteiger partial charge in [0.1, 0.15) is 5.75 Å². The molecule has 0 saturated carbocycles. The largest absolute Gasteiger partial charge is 0.494 e. The van der Waals surface area contributed by atoms with Crippen LogP contribution in [0.15, 0.2) is 53.4 Å². The van der Waals surface area contributed by atoms with Gasteiger partial charge in [0.05, 0.1) is 11.5 Å². The zero-order chi connectivity index (χ0) is 19.1. The summed E-state index contributed by atoms with van der Waals surface area (Å²) in [5, 5.41) is 3.39. The molecule has 1 fully saturated rings. The van der Waals surface area contributed by atoms with Crippen LogP contribution < -0.4 is 10.1 Å². The van der Waals surface area contributed by atoms with Gasteiger partial charge in [0.25, 0.3) is 0 Å². The van der Waals surface area contributed by atoms with E-state index >= 15 is 0 Å². The highest BCUT2D eigenvalue weighted by Crippen LogP contribution is 2.21. The van der Waals surface area contributed by atoms with E-state index in [1.165, 1.54) is 0 Å². The first-order valence-corrected chi connectivity index (χ1v) is 11.0. The predicted octanol–water partition coefficient (Wildman–Crippen LogP) is 3.55. The summed E-state index contributed by atoms with van der Waals surface area (Å²) in [7, 11) is -3.35. The molecule has 6 heteroatoms. The van der Waals surface area contributed by atoms with Crippen molar-refractivity contribution in [1.82, 2.24) is 9.62 Å². The van der Waals surface area contributed by atoms with Gasteiger partial charge in [0, 0.05) is 26.2 Å². The average Bonchev–Trinajstić information content (AvgIpc) is 2.70. The van der Waals surface area contributed by atoms with Crippen molar-refractivity contribution >= 4 is 10.0 Å². The van der Waals surface area contributed by atoms with Crippen LogP contribution in [0.3, 0.4) is 0 Å². The first-order chi connectivity index (χ1) is 13.1. The number of benzene rings is 2. The van der Waals surface area contributed by atoms with E-state index in [1.807, 2.05) is 37.3 Å². The van der Waals surface area contributed by atoms with Crippen LogP contribution in [0.1, 0.15) is 37.3 Å². The molecule has 1 saturated heterocycles. The molecule has 5 nitrogen and oxygen atoms in total. The van der Waals surface area contributed by atoms with Gasteiger partial charge in [0.2, 0.25) is 10.0 Å². The lowest BCUT2D eigenvalue weighted by molar-refractivity contribution is 0.340. The summed E-state index contributed by atoms with van der Waals surface area (Å²) in [6.45, 7) is 5.31. The number of piperidine rings is 1. The Morgan fingerprint density at radius 3 is 2.37 bits per heavy atom. The third-order valence-electron chi connectivity index (χ3n) is 4.74. The third-order valence-corrected chi connectivity index (χ3v) is 6.66. The van der Waals surface area contributed by atoms with Crippen LogP contribution in [0, 0.1) is 0 Å². The van der Waals surface area contributed by atoms with Crippen molar-refractivity contribution in [3.05, 3.63) is 59.7 Å². The molecule has 0 bridgehead atoms. The molecule has 0 spiro atoms. The maximum atomic E-state index is 12.7. The first-order valence-electron chi connectivity index (χ1n) is 9.61. The summed E-state index contributed by atoms with van der Waals surface area (Å²) in [5.41, 5.74) is 2.22. The van der Waals surface area contributed by atoms with E-state index in [9.17, 15) is 8.42 Å². The topological polar surface area (TPSA) is 58.6 Å². The highest BCUT2D eigenvalue weighted by Gasteiger charge is 2.25. The molecule has 2 aromatic carbocycles. The molecule has 1 aliphatic heterocycles. The molecule has 1 heterocycles. The summed E-state index contributed by atoms with van der Waals surface area (Å²) in [6, 6.07) is 15.2. The van der Waals surface area contributed by atoms with Crippen LogP contribution in [0.5, 0.6) is 5.75 Å². The van der Waals surface area contributed by atoms with Gasteiger partial charge < -0.3 is 10.1 Å². The molecule has 0 unspecified atom stereocenters. The van der Waals surface area contributed by atoms with E-state index < -0.39 is 10.0 Å². The summed E-state index contributed by atoms with van der Waals surface area (Å²) in [5.74, 6) is 0.879. The summed E-state index contributed by atoms with van der Waals surface area (Å²) in [4.78, 5) is 0.387. The molecule has 3 rings (SSSR count). The van der Waals surface area contributed by atoms with Crippen molar-refractivity contribution in [1.29, 1.82) is 0 Å². The summed E-state index contributed by atoms with van der Waals surface area (Å²) in [6.07, 6.45) is 3.02. The normalized spacial score (nSPS) is 15.6. The van der Waals surface area contributed by atoms with Crippen LogP contribution in [0.25, 0.3) is 0 Å². The van der Waals surface area contributed by atoms with Gasteiger partial charge >= 0.3 is 0 Å². The lowest BCUT2D eigenvalue weighted by Crippen LogP contribution is -2.35. The van der Waals surface area contributed by atoms with E-state index in [0.717, 1.165) is 42.7 Å². The standard InChI is InChI=1S/C21H28N2O3S/c1-2-26-20-8-6-7-19(15-20)17-22-16-18-9-11-21(12-10-18)27(24,25)23-13-4-3-5-14-23/h6-12,15,22H,2-5,13-14,16-17H2,1H3. The number of hydrogen-bond acceptors (Lipinski definition) is 4. The molecule has 0 aliphatic carbocycles. The van der Waals surface area contributed by atoms with Crippen molar-refractivity contribution in [3.8, 4) is 5.75 Å². The molecule has 0 amide bonds. The quantitative estimate of drug-likeness (QED) is 0.751. The Bertz CT molecular complexity index is 829. The van der Waals surface area contributed by atoms with Crippen molar-refractivity contribution in [2.24, 2.45) is 0 Å². The van der Waals surface area contributed by atoms with Crippen LogP contribution in [0.4, 0.5) is 0 Å². The van der Waals surface area contributed by atoms with Gasteiger partial charge in [-0.2, -0.15) is 4.31 Å². The van der Waals surface area contributed by atoms with Crippen molar-refractivity contribution < 1.29 is 13.2 Å². The molecular weight excluding hydrogens is 360 g/mol. The predicted molar refractivity (Wildman–Crippen MR) is 107 cm³/mol. The molecule has 0 aromatic heterocycles. The first kappa shape index (κ1) is 19.9. The molecule has 1 N–H and O–H groups in total. The fourth-order valence-electron chi connectivity index (χ4n) is 3.30. The van der Waals surface area contributed by atoms with Gasteiger partial charge in [-0.25, -0.2) is 8.42 Å². The fourth-order valence-corrected chi connectivity index (χ4v) is 4.81. The fraction of sp³-hybridized carbons (Fsp3) is 0.429. The minimum absolute atomic E-state index is 0.387. The highest BCUT2D eigenvalue weighted by molar-refractivity contribution is 7.89. The maximum absolute atomic E-state index is 12.7. The monoisotopic (exact) mass is 388 g/mol.